The fourth-order valence-corrected chi connectivity index (χ4v) is 4.55. The second-order valence-corrected chi connectivity index (χ2v) is 8.46. The van der Waals surface area contributed by atoms with Crippen molar-refractivity contribution < 1.29 is 19.0 Å². The molecule has 2 aliphatic heterocycles. The highest BCUT2D eigenvalue weighted by Crippen LogP contribution is 2.34. The highest BCUT2D eigenvalue weighted by molar-refractivity contribution is 7.80. The normalized spacial score (nSPS) is 18.4. The Labute approximate surface area is 191 Å². The van der Waals surface area contributed by atoms with E-state index < -0.39 is 5.79 Å². The quantitative estimate of drug-likeness (QED) is 0.478. The molecule has 5 rings (SSSR count). The number of carbonyl (C=O) groups excluding carboxylic acids is 1. The van der Waals surface area contributed by atoms with Crippen molar-refractivity contribution in [3.63, 3.8) is 0 Å². The largest absolute Gasteiger partial charge is 0.480 e. The summed E-state index contributed by atoms with van der Waals surface area (Å²) < 4.78 is 17.0. The predicted octanol–water partition coefficient (Wildman–Crippen LogP) is 3.21. The van der Waals surface area contributed by atoms with Crippen LogP contribution in [0.4, 0.5) is 5.82 Å². The van der Waals surface area contributed by atoms with Gasteiger partial charge in [0.2, 0.25) is 5.88 Å². The molecule has 0 amide bonds. The molecule has 0 radical (unpaired) electrons. The second kappa shape index (κ2) is 8.32. The maximum Gasteiger partial charge on any atom is 0.226 e. The summed E-state index contributed by atoms with van der Waals surface area (Å²) >= 11 is 4.44. The number of fused-ring (bicyclic) bond motifs is 1. The van der Waals surface area contributed by atoms with Crippen molar-refractivity contribution in [3.05, 3.63) is 42.1 Å². The number of aldehydes is 1. The van der Waals surface area contributed by atoms with Gasteiger partial charge in [-0.25, -0.2) is 15.0 Å². The van der Waals surface area contributed by atoms with Gasteiger partial charge >= 0.3 is 0 Å². The van der Waals surface area contributed by atoms with Gasteiger partial charge in [-0.2, -0.15) is 0 Å². The van der Waals surface area contributed by atoms with Gasteiger partial charge in [0.05, 0.1) is 42.8 Å². The summed E-state index contributed by atoms with van der Waals surface area (Å²) in [7, 11) is 3.55. The summed E-state index contributed by atoms with van der Waals surface area (Å²) in [6, 6.07) is 9.72. The fourth-order valence-electron chi connectivity index (χ4n) is 4.26. The molecule has 2 saturated heterocycles. The molecule has 2 fully saturated rings. The maximum atomic E-state index is 12.0. The summed E-state index contributed by atoms with van der Waals surface area (Å²) in [5, 5.41) is 4.91. The number of benzene rings is 1. The van der Waals surface area contributed by atoms with Gasteiger partial charge in [0.1, 0.15) is 0 Å². The second-order valence-electron chi connectivity index (χ2n) is 7.98. The minimum Gasteiger partial charge on any atom is -0.480 e. The zero-order valence-corrected chi connectivity index (χ0v) is 18.8. The smallest absolute Gasteiger partial charge is 0.226 e. The first-order valence-corrected chi connectivity index (χ1v) is 10.9. The number of carbonyl (C=O) groups is 1. The number of nitrogens with zero attached hydrogens (tertiary/aromatic N) is 4. The first-order chi connectivity index (χ1) is 15.5. The van der Waals surface area contributed by atoms with E-state index >= 15 is 0 Å². The summed E-state index contributed by atoms with van der Waals surface area (Å²) in [4.78, 5) is 21.8. The van der Waals surface area contributed by atoms with Gasteiger partial charge in [-0.3, -0.25) is 9.80 Å². The number of anilines is 1. The van der Waals surface area contributed by atoms with E-state index in [4.69, 9.17) is 19.2 Å². The van der Waals surface area contributed by atoms with Gasteiger partial charge in [0.15, 0.2) is 17.9 Å². The number of rotatable bonds is 4. The van der Waals surface area contributed by atoms with Crippen LogP contribution in [0, 0.1) is 0 Å². The molecule has 0 aliphatic carbocycles. The van der Waals surface area contributed by atoms with Crippen LogP contribution in [0.2, 0.25) is 0 Å². The van der Waals surface area contributed by atoms with Crippen LogP contribution >= 0.6 is 12.6 Å². The van der Waals surface area contributed by atoms with E-state index in [0.29, 0.717) is 41.9 Å². The molecule has 8 nitrogen and oxygen atoms in total. The van der Waals surface area contributed by atoms with E-state index in [1.165, 1.54) is 0 Å². The van der Waals surface area contributed by atoms with E-state index in [0.717, 1.165) is 41.3 Å². The van der Waals surface area contributed by atoms with Crippen molar-refractivity contribution in [3.8, 4) is 17.0 Å². The number of pyridine rings is 2. The first kappa shape index (κ1) is 21.1. The Morgan fingerprint density at radius 1 is 1.19 bits per heavy atom. The molecule has 0 atom stereocenters. The van der Waals surface area contributed by atoms with Crippen LogP contribution in [0.1, 0.15) is 16.8 Å². The van der Waals surface area contributed by atoms with E-state index in [1.807, 2.05) is 42.4 Å². The summed E-state index contributed by atoms with van der Waals surface area (Å²) in [5.74, 6) is 0.440. The minimum atomic E-state index is -0.640. The third kappa shape index (κ3) is 3.71. The first-order valence-electron chi connectivity index (χ1n) is 10.4. The number of hydrogen-bond donors (Lipinski definition) is 1. The fraction of sp³-hybridized carbons (Fsp3) is 0.348. The molecule has 9 heteroatoms. The number of methoxy groups -OCH3 is 1. The van der Waals surface area contributed by atoms with Crippen LogP contribution in [0.25, 0.3) is 22.0 Å². The lowest BCUT2D eigenvalue weighted by Gasteiger charge is -2.44. The number of hydrogen-bond acceptors (Lipinski definition) is 9. The number of aromatic nitrogens is 2. The lowest BCUT2D eigenvalue weighted by atomic mass is 10.0. The third-order valence-corrected chi connectivity index (χ3v) is 6.31. The Morgan fingerprint density at radius 3 is 2.72 bits per heavy atom. The molecule has 0 bridgehead atoms. The standard InChI is InChI=1S/C23H24N4O4S/c1-26-6-5-23(30-7-8-31-23)14-27(26)21-18(13-28)10-16-9-15(3-4-19(16)25-21)17-11-20(32)22(29-2)24-12-17/h3-4,9-13,32H,5-8,14H2,1-2H3. The summed E-state index contributed by atoms with van der Waals surface area (Å²) in [6.07, 6.45) is 3.36. The van der Waals surface area contributed by atoms with Gasteiger partial charge in [-0.1, -0.05) is 6.07 Å². The summed E-state index contributed by atoms with van der Waals surface area (Å²) in [5.41, 5.74) is 3.17. The van der Waals surface area contributed by atoms with Crippen LogP contribution in [0.15, 0.2) is 41.4 Å². The molecule has 0 unspecified atom stereocenters. The highest BCUT2D eigenvalue weighted by Gasteiger charge is 2.43. The minimum absolute atomic E-state index is 0.478. The molecule has 32 heavy (non-hydrogen) atoms. The molecule has 0 N–H and O–H groups in total. The summed E-state index contributed by atoms with van der Waals surface area (Å²) in [6.45, 7) is 2.40. The monoisotopic (exact) mass is 452 g/mol. The van der Waals surface area contributed by atoms with Crippen LogP contribution in [0.3, 0.4) is 0 Å². The zero-order chi connectivity index (χ0) is 22.3. The SMILES string of the molecule is COc1ncc(-c2ccc3nc(N4CC5(CCN4C)OCCO5)c(C=O)cc3c2)cc1S. The Balaban J connectivity index is 1.53. The molecule has 2 aromatic heterocycles. The lowest BCUT2D eigenvalue weighted by molar-refractivity contribution is -0.173. The Hall–Kier alpha value is -2.72. The molecule has 0 saturated carbocycles. The molecule has 4 heterocycles. The molecule has 2 aliphatic rings. The van der Waals surface area contributed by atoms with Gasteiger partial charge in [0, 0.05) is 37.2 Å². The maximum absolute atomic E-state index is 12.0. The van der Waals surface area contributed by atoms with E-state index in [9.17, 15) is 4.79 Å². The molecule has 1 spiro atoms. The van der Waals surface area contributed by atoms with Crippen molar-refractivity contribution in [2.75, 3.05) is 45.5 Å². The Kier molecular flexibility index (Phi) is 5.50. The number of ether oxygens (including phenoxy) is 3. The molecular weight excluding hydrogens is 428 g/mol. The predicted molar refractivity (Wildman–Crippen MR) is 123 cm³/mol. The van der Waals surface area contributed by atoms with Crippen LogP contribution < -0.4 is 9.75 Å². The van der Waals surface area contributed by atoms with Gasteiger partial charge in [-0.15, -0.1) is 12.6 Å². The molecule has 1 aromatic carbocycles. The lowest BCUT2D eigenvalue weighted by Crippen LogP contribution is -2.57. The Bertz CT molecular complexity index is 1180. The van der Waals surface area contributed by atoms with Crippen molar-refractivity contribution in [1.82, 2.24) is 15.0 Å². The van der Waals surface area contributed by atoms with Crippen LogP contribution in [0.5, 0.6) is 5.88 Å². The van der Waals surface area contributed by atoms with Crippen molar-refractivity contribution >= 4 is 35.6 Å². The van der Waals surface area contributed by atoms with Gasteiger partial charge in [-0.05, 0) is 29.8 Å². The van der Waals surface area contributed by atoms with Crippen molar-refractivity contribution in [2.45, 2.75) is 17.1 Å². The van der Waals surface area contributed by atoms with Crippen LogP contribution in [-0.2, 0) is 9.47 Å². The van der Waals surface area contributed by atoms with Crippen molar-refractivity contribution in [1.29, 1.82) is 0 Å². The van der Waals surface area contributed by atoms with E-state index in [-0.39, 0.29) is 0 Å². The number of thiol groups is 1. The van der Waals surface area contributed by atoms with Gasteiger partial charge in [0.25, 0.3) is 0 Å². The molecular formula is C23H24N4O4S. The topological polar surface area (TPSA) is 77.0 Å². The number of hydrazine groups is 1. The average Bonchev–Trinajstić information content (AvgIpc) is 3.27. The third-order valence-electron chi connectivity index (χ3n) is 5.99. The molecule has 166 valence electrons. The average molecular weight is 453 g/mol. The van der Waals surface area contributed by atoms with E-state index in [2.05, 4.69) is 22.6 Å². The van der Waals surface area contributed by atoms with Crippen LogP contribution in [-0.4, -0.2) is 67.5 Å². The zero-order valence-electron chi connectivity index (χ0n) is 17.9. The highest BCUT2D eigenvalue weighted by atomic mass is 32.1. The molecule has 3 aromatic rings. The van der Waals surface area contributed by atoms with E-state index in [1.54, 1.807) is 13.3 Å². The van der Waals surface area contributed by atoms with Crippen molar-refractivity contribution in [2.24, 2.45) is 0 Å². The van der Waals surface area contributed by atoms with Gasteiger partial charge < -0.3 is 14.2 Å². The Morgan fingerprint density at radius 2 is 2.00 bits per heavy atom.